The average molecular weight is 443 g/mol. The molecule has 30 heavy (non-hydrogen) atoms. The summed E-state index contributed by atoms with van der Waals surface area (Å²) in [7, 11) is -3.09. The number of anilines is 1. The molecule has 5 nitrogen and oxygen atoms in total. The zero-order valence-corrected chi connectivity index (χ0v) is 19.0. The highest BCUT2D eigenvalue weighted by atomic mass is 32.2. The van der Waals surface area contributed by atoms with Gasteiger partial charge in [-0.15, -0.1) is 0 Å². The molecule has 2 aromatic carbocycles. The highest BCUT2D eigenvalue weighted by Gasteiger charge is 2.49. The molecule has 0 bridgehead atoms. The number of nitrogens with zero attached hydrogens (tertiary/aromatic N) is 2. The molecule has 4 rings (SSSR count). The van der Waals surface area contributed by atoms with E-state index in [1.807, 2.05) is 54.3 Å². The number of hydrogen-bond acceptors (Lipinski definition) is 4. The number of rotatable bonds is 4. The fourth-order valence-electron chi connectivity index (χ4n) is 4.18. The smallest absolute Gasteiger partial charge is 0.252 e. The van der Waals surface area contributed by atoms with E-state index in [-0.39, 0.29) is 41.0 Å². The number of amidine groups is 1. The lowest BCUT2D eigenvalue weighted by Crippen LogP contribution is -2.38. The van der Waals surface area contributed by atoms with Gasteiger partial charge in [0.1, 0.15) is 0 Å². The molecule has 2 atom stereocenters. The third-order valence-corrected chi connectivity index (χ3v) is 8.75. The van der Waals surface area contributed by atoms with E-state index >= 15 is 0 Å². The maximum absolute atomic E-state index is 12.8. The van der Waals surface area contributed by atoms with E-state index in [0.29, 0.717) is 5.17 Å². The first-order chi connectivity index (χ1) is 14.2. The zero-order valence-electron chi connectivity index (χ0n) is 17.4. The van der Waals surface area contributed by atoms with Crippen molar-refractivity contribution in [3.63, 3.8) is 0 Å². The van der Waals surface area contributed by atoms with Crippen molar-refractivity contribution in [2.75, 3.05) is 16.4 Å². The number of carbonyl (C=O) groups is 1. The average Bonchev–Trinajstić information content (AvgIpc) is 3.12. The topological polar surface area (TPSA) is 66.8 Å². The van der Waals surface area contributed by atoms with Crippen LogP contribution >= 0.6 is 11.8 Å². The Morgan fingerprint density at radius 1 is 1.17 bits per heavy atom. The first kappa shape index (κ1) is 21.1. The SMILES string of the molecule is Cc1cccc(CC(=O)N=C2SC3CS(=O)(=O)CC3N2c2ccccc2C(C)C)c1. The number of benzene rings is 2. The molecule has 0 aromatic heterocycles. The van der Waals surface area contributed by atoms with Gasteiger partial charge in [0.2, 0.25) is 0 Å². The number of para-hydroxylation sites is 1. The molecule has 7 heteroatoms. The van der Waals surface area contributed by atoms with Gasteiger partial charge in [0.05, 0.1) is 24.0 Å². The molecule has 0 saturated carbocycles. The first-order valence-electron chi connectivity index (χ1n) is 10.2. The minimum absolute atomic E-state index is 0.0965. The summed E-state index contributed by atoms with van der Waals surface area (Å²) in [5.41, 5.74) is 4.12. The Kier molecular flexibility index (Phi) is 5.77. The van der Waals surface area contributed by atoms with Gasteiger partial charge >= 0.3 is 0 Å². The molecule has 2 saturated heterocycles. The molecule has 0 radical (unpaired) electrons. The molecule has 2 unspecified atom stereocenters. The van der Waals surface area contributed by atoms with Crippen LogP contribution in [0.2, 0.25) is 0 Å². The summed E-state index contributed by atoms with van der Waals surface area (Å²) in [6.45, 7) is 6.23. The molecular formula is C23H26N2O3S2. The largest absolute Gasteiger partial charge is 0.315 e. The van der Waals surface area contributed by atoms with Crippen LogP contribution in [0.1, 0.15) is 36.5 Å². The predicted molar refractivity (Wildman–Crippen MR) is 124 cm³/mol. The van der Waals surface area contributed by atoms with Crippen molar-refractivity contribution in [1.82, 2.24) is 0 Å². The Morgan fingerprint density at radius 3 is 2.67 bits per heavy atom. The molecule has 2 fully saturated rings. The lowest BCUT2D eigenvalue weighted by molar-refractivity contribution is -0.117. The Hall–Kier alpha value is -2.12. The number of thioether (sulfide) groups is 1. The zero-order chi connectivity index (χ0) is 21.5. The van der Waals surface area contributed by atoms with Gasteiger partial charge in [-0.1, -0.05) is 73.6 Å². The molecule has 0 spiro atoms. The number of sulfone groups is 1. The van der Waals surface area contributed by atoms with Crippen molar-refractivity contribution >= 4 is 38.4 Å². The van der Waals surface area contributed by atoms with Crippen molar-refractivity contribution in [2.45, 2.75) is 44.4 Å². The lowest BCUT2D eigenvalue weighted by atomic mass is 9.99. The van der Waals surface area contributed by atoms with Crippen LogP contribution < -0.4 is 4.90 Å². The summed E-state index contributed by atoms with van der Waals surface area (Å²) in [6, 6.07) is 15.7. The number of aliphatic imine (C=N–C) groups is 1. The Bertz CT molecular complexity index is 1110. The van der Waals surface area contributed by atoms with Gasteiger partial charge in [0, 0.05) is 10.9 Å². The molecule has 0 N–H and O–H groups in total. The van der Waals surface area contributed by atoms with E-state index in [9.17, 15) is 13.2 Å². The van der Waals surface area contributed by atoms with Crippen LogP contribution in [0.3, 0.4) is 0 Å². The first-order valence-corrected chi connectivity index (χ1v) is 12.9. The van der Waals surface area contributed by atoms with E-state index < -0.39 is 9.84 Å². The van der Waals surface area contributed by atoms with E-state index in [4.69, 9.17) is 0 Å². The van der Waals surface area contributed by atoms with Gasteiger partial charge in [-0.2, -0.15) is 4.99 Å². The minimum atomic E-state index is -3.09. The molecule has 2 aliphatic rings. The second-order valence-corrected chi connectivity index (χ2v) is 11.7. The Balaban J connectivity index is 1.70. The third-order valence-electron chi connectivity index (χ3n) is 5.54. The molecule has 0 aliphatic carbocycles. The summed E-state index contributed by atoms with van der Waals surface area (Å²) in [6.07, 6.45) is 0.235. The molecule has 2 heterocycles. The van der Waals surface area contributed by atoms with Crippen LogP contribution in [-0.2, 0) is 21.1 Å². The summed E-state index contributed by atoms with van der Waals surface area (Å²) in [5, 5.41) is 0.520. The maximum Gasteiger partial charge on any atom is 0.252 e. The van der Waals surface area contributed by atoms with Gasteiger partial charge in [0.15, 0.2) is 15.0 Å². The van der Waals surface area contributed by atoms with Crippen molar-refractivity contribution in [3.8, 4) is 0 Å². The summed E-state index contributed by atoms with van der Waals surface area (Å²) in [5.74, 6) is 0.293. The molecular weight excluding hydrogens is 416 g/mol. The number of fused-ring (bicyclic) bond motifs is 1. The van der Waals surface area contributed by atoms with E-state index in [1.165, 1.54) is 11.8 Å². The van der Waals surface area contributed by atoms with Gasteiger partial charge in [-0.25, -0.2) is 8.42 Å². The van der Waals surface area contributed by atoms with Gasteiger partial charge < -0.3 is 4.90 Å². The van der Waals surface area contributed by atoms with Gasteiger partial charge in [-0.3, -0.25) is 4.79 Å². The van der Waals surface area contributed by atoms with Crippen LogP contribution in [0, 0.1) is 6.92 Å². The quantitative estimate of drug-likeness (QED) is 0.717. The fourth-order valence-corrected chi connectivity index (χ4v) is 8.11. The van der Waals surface area contributed by atoms with Crippen molar-refractivity contribution in [2.24, 2.45) is 4.99 Å². The van der Waals surface area contributed by atoms with Gasteiger partial charge in [-0.05, 0) is 30.0 Å². The van der Waals surface area contributed by atoms with Crippen LogP contribution in [0.15, 0.2) is 53.5 Å². The van der Waals surface area contributed by atoms with E-state index in [0.717, 1.165) is 22.4 Å². The number of amides is 1. The molecule has 1 amide bonds. The second-order valence-electron chi connectivity index (χ2n) is 8.34. The number of hydrogen-bond donors (Lipinski definition) is 0. The number of aryl methyl sites for hydroxylation is 1. The molecule has 2 aromatic rings. The Morgan fingerprint density at radius 2 is 1.93 bits per heavy atom. The normalized spacial score (nSPS) is 23.9. The van der Waals surface area contributed by atoms with Crippen LogP contribution in [0.4, 0.5) is 5.69 Å². The van der Waals surface area contributed by atoms with Crippen LogP contribution in [0.5, 0.6) is 0 Å². The van der Waals surface area contributed by atoms with Gasteiger partial charge in [0.25, 0.3) is 5.91 Å². The number of carbonyl (C=O) groups excluding carboxylic acids is 1. The van der Waals surface area contributed by atoms with Crippen molar-refractivity contribution in [3.05, 3.63) is 65.2 Å². The van der Waals surface area contributed by atoms with Crippen molar-refractivity contribution in [1.29, 1.82) is 0 Å². The highest BCUT2D eigenvalue weighted by molar-refractivity contribution is 8.16. The van der Waals surface area contributed by atoms with Crippen LogP contribution in [-0.4, -0.2) is 42.3 Å². The van der Waals surface area contributed by atoms with Crippen LogP contribution in [0.25, 0.3) is 0 Å². The monoisotopic (exact) mass is 442 g/mol. The standard InChI is InChI=1S/C23H26N2O3S2/c1-15(2)18-9-4-5-10-19(18)25-20-13-30(27,28)14-21(20)29-23(25)24-22(26)12-17-8-6-7-16(3)11-17/h4-11,15,20-21H,12-14H2,1-3H3. The Labute approximate surface area is 182 Å². The maximum atomic E-state index is 12.8. The summed E-state index contributed by atoms with van der Waals surface area (Å²) in [4.78, 5) is 19.2. The minimum Gasteiger partial charge on any atom is -0.315 e. The van der Waals surface area contributed by atoms with E-state index in [2.05, 4.69) is 24.9 Å². The molecule has 158 valence electrons. The highest BCUT2D eigenvalue weighted by Crippen LogP contribution is 2.43. The predicted octanol–water partition coefficient (Wildman–Crippen LogP) is 3.96. The molecule has 2 aliphatic heterocycles. The summed E-state index contributed by atoms with van der Waals surface area (Å²) >= 11 is 1.42. The lowest BCUT2D eigenvalue weighted by Gasteiger charge is -2.28. The third kappa shape index (κ3) is 4.32. The second kappa shape index (κ2) is 8.19. The fraction of sp³-hybridized carbons (Fsp3) is 0.391. The summed E-state index contributed by atoms with van der Waals surface area (Å²) < 4.78 is 24.6. The van der Waals surface area contributed by atoms with Crippen molar-refractivity contribution < 1.29 is 13.2 Å². The van der Waals surface area contributed by atoms with E-state index in [1.54, 1.807) is 0 Å².